The van der Waals surface area contributed by atoms with Gasteiger partial charge in [0.25, 0.3) is 0 Å². The zero-order valence-electron chi connectivity index (χ0n) is 12.1. The molecule has 1 fully saturated rings. The van der Waals surface area contributed by atoms with Gasteiger partial charge >= 0.3 is 5.97 Å². The largest absolute Gasteiger partial charge is 0.475 e. The number of nitrogens with zero attached hydrogens (tertiary/aromatic N) is 1. The SMILES string of the molecule is CC(Oc1ccc2oc(C(=O)O)cc2c1)N1CCOC(O)C1. The number of aliphatic hydroxyl groups is 1. The van der Waals surface area contributed by atoms with E-state index in [1.54, 1.807) is 18.2 Å². The molecule has 2 atom stereocenters. The molecule has 1 aliphatic heterocycles. The van der Waals surface area contributed by atoms with E-state index in [9.17, 15) is 9.90 Å². The Labute approximate surface area is 126 Å². The molecule has 7 nitrogen and oxygen atoms in total. The average Bonchev–Trinajstić information content (AvgIpc) is 2.90. The summed E-state index contributed by atoms with van der Waals surface area (Å²) >= 11 is 0. The van der Waals surface area contributed by atoms with Gasteiger partial charge in [0.15, 0.2) is 6.29 Å². The minimum Gasteiger partial charge on any atom is -0.475 e. The molecule has 0 radical (unpaired) electrons. The number of fused-ring (bicyclic) bond motifs is 1. The summed E-state index contributed by atoms with van der Waals surface area (Å²) in [7, 11) is 0. The third-order valence-electron chi connectivity index (χ3n) is 3.60. The second-order valence-electron chi connectivity index (χ2n) is 5.15. The fraction of sp³-hybridized carbons (Fsp3) is 0.400. The molecule has 0 amide bonds. The molecule has 1 saturated heterocycles. The maximum absolute atomic E-state index is 10.9. The fourth-order valence-electron chi connectivity index (χ4n) is 2.45. The molecule has 0 aliphatic carbocycles. The lowest BCUT2D eigenvalue weighted by atomic mass is 10.2. The van der Waals surface area contributed by atoms with E-state index >= 15 is 0 Å². The van der Waals surface area contributed by atoms with Crippen molar-refractivity contribution in [3.63, 3.8) is 0 Å². The van der Waals surface area contributed by atoms with Crippen molar-refractivity contribution in [1.82, 2.24) is 4.90 Å². The number of hydrogen-bond donors (Lipinski definition) is 2. The summed E-state index contributed by atoms with van der Waals surface area (Å²) in [6, 6.07) is 6.61. The second kappa shape index (κ2) is 5.96. The van der Waals surface area contributed by atoms with E-state index in [1.807, 2.05) is 11.8 Å². The number of carboxylic acids is 1. The van der Waals surface area contributed by atoms with E-state index in [2.05, 4.69) is 0 Å². The molecule has 7 heteroatoms. The molecule has 0 saturated carbocycles. The Hall–Kier alpha value is -2.09. The molecular weight excluding hydrogens is 290 g/mol. The predicted octanol–water partition coefficient (Wildman–Crippen LogP) is 1.51. The van der Waals surface area contributed by atoms with Crippen LogP contribution in [-0.4, -0.2) is 53.3 Å². The summed E-state index contributed by atoms with van der Waals surface area (Å²) in [5.41, 5.74) is 0.499. The summed E-state index contributed by atoms with van der Waals surface area (Å²) in [6.07, 6.45) is -1.03. The van der Waals surface area contributed by atoms with E-state index in [0.717, 1.165) is 0 Å². The van der Waals surface area contributed by atoms with E-state index in [1.165, 1.54) is 6.07 Å². The molecule has 2 heterocycles. The molecule has 2 aromatic rings. The zero-order chi connectivity index (χ0) is 15.7. The van der Waals surface area contributed by atoms with Crippen LogP contribution in [-0.2, 0) is 4.74 Å². The first-order valence-electron chi connectivity index (χ1n) is 7.00. The van der Waals surface area contributed by atoms with Gasteiger partial charge in [-0.05, 0) is 31.2 Å². The molecule has 0 spiro atoms. The van der Waals surface area contributed by atoms with E-state index < -0.39 is 12.3 Å². The van der Waals surface area contributed by atoms with Crippen LogP contribution in [0.25, 0.3) is 11.0 Å². The molecule has 1 aliphatic rings. The van der Waals surface area contributed by atoms with Crippen LogP contribution in [0.3, 0.4) is 0 Å². The van der Waals surface area contributed by atoms with E-state index in [-0.39, 0.29) is 12.0 Å². The minimum absolute atomic E-state index is 0.100. The highest BCUT2D eigenvalue weighted by Crippen LogP contribution is 2.25. The summed E-state index contributed by atoms with van der Waals surface area (Å²) in [5, 5.41) is 19.1. The topological polar surface area (TPSA) is 92.4 Å². The lowest BCUT2D eigenvalue weighted by Gasteiger charge is -2.34. The average molecular weight is 307 g/mol. The van der Waals surface area contributed by atoms with E-state index in [0.29, 0.717) is 36.4 Å². The first-order valence-corrected chi connectivity index (χ1v) is 7.00. The van der Waals surface area contributed by atoms with E-state index in [4.69, 9.17) is 19.0 Å². The highest BCUT2D eigenvalue weighted by Gasteiger charge is 2.23. The number of carbonyl (C=O) groups is 1. The summed E-state index contributed by atoms with van der Waals surface area (Å²) < 4.78 is 16.1. The third kappa shape index (κ3) is 3.06. The second-order valence-corrected chi connectivity index (χ2v) is 5.15. The lowest BCUT2D eigenvalue weighted by molar-refractivity contribution is -0.167. The Balaban J connectivity index is 1.74. The van der Waals surface area contributed by atoms with Gasteiger partial charge < -0.3 is 24.1 Å². The van der Waals surface area contributed by atoms with Crippen LogP contribution in [0.1, 0.15) is 17.5 Å². The molecule has 2 N–H and O–H groups in total. The zero-order valence-corrected chi connectivity index (χ0v) is 12.1. The first-order chi connectivity index (χ1) is 10.5. The molecule has 118 valence electrons. The van der Waals surface area contributed by atoms with Gasteiger partial charge in [0.1, 0.15) is 17.6 Å². The van der Waals surface area contributed by atoms with Gasteiger partial charge in [-0.25, -0.2) is 4.79 Å². The van der Waals surface area contributed by atoms with Crippen molar-refractivity contribution in [1.29, 1.82) is 0 Å². The number of morpholine rings is 1. The van der Waals surface area contributed by atoms with Crippen molar-refractivity contribution in [3.05, 3.63) is 30.0 Å². The summed E-state index contributed by atoms with van der Waals surface area (Å²) in [5.74, 6) is -0.593. The van der Waals surface area contributed by atoms with Gasteiger partial charge in [-0.3, -0.25) is 4.90 Å². The van der Waals surface area contributed by atoms with Gasteiger partial charge in [-0.1, -0.05) is 0 Å². The maximum Gasteiger partial charge on any atom is 0.371 e. The van der Waals surface area contributed by atoms with Gasteiger partial charge in [-0.15, -0.1) is 0 Å². The number of benzene rings is 1. The van der Waals surface area contributed by atoms with Crippen LogP contribution in [0.5, 0.6) is 5.75 Å². The lowest BCUT2D eigenvalue weighted by Crippen LogP contribution is -2.48. The van der Waals surface area contributed by atoms with Crippen LogP contribution < -0.4 is 4.74 Å². The number of β-amino-alcohol motifs (C(OH)–C–C–N with tert-alkyl or cyclic N) is 1. The molecule has 3 rings (SSSR count). The maximum atomic E-state index is 10.9. The number of furan rings is 1. The molecule has 1 aromatic carbocycles. The number of hydrogen-bond acceptors (Lipinski definition) is 6. The van der Waals surface area contributed by atoms with Crippen LogP contribution in [0.15, 0.2) is 28.7 Å². The molecule has 1 aromatic heterocycles. The number of aromatic carboxylic acids is 1. The Bertz CT molecular complexity index is 682. The molecule has 22 heavy (non-hydrogen) atoms. The third-order valence-corrected chi connectivity index (χ3v) is 3.60. The highest BCUT2D eigenvalue weighted by molar-refractivity contribution is 5.91. The molecule has 0 bridgehead atoms. The van der Waals surface area contributed by atoms with Crippen LogP contribution in [0, 0.1) is 0 Å². The van der Waals surface area contributed by atoms with Crippen molar-refractivity contribution >= 4 is 16.9 Å². The number of ether oxygens (including phenoxy) is 2. The van der Waals surface area contributed by atoms with Crippen molar-refractivity contribution in [2.75, 3.05) is 19.7 Å². The number of carboxylic acid groups (broad SMARTS) is 1. The van der Waals surface area contributed by atoms with Crippen molar-refractivity contribution in [3.8, 4) is 5.75 Å². The van der Waals surface area contributed by atoms with Gasteiger partial charge in [0.05, 0.1) is 13.2 Å². The van der Waals surface area contributed by atoms with Crippen molar-refractivity contribution in [2.24, 2.45) is 0 Å². The first kappa shape index (κ1) is 14.8. The van der Waals surface area contributed by atoms with Gasteiger partial charge in [0.2, 0.25) is 5.76 Å². The monoisotopic (exact) mass is 307 g/mol. The quantitative estimate of drug-likeness (QED) is 0.884. The van der Waals surface area contributed by atoms with Crippen molar-refractivity contribution in [2.45, 2.75) is 19.4 Å². The summed E-state index contributed by atoms with van der Waals surface area (Å²) in [4.78, 5) is 12.9. The Morgan fingerprint density at radius 3 is 3.00 bits per heavy atom. The summed E-state index contributed by atoms with van der Waals surface area (Å²) in [6.45, 7) is 3.41. The normalized spacial score (nSPS) is 20.9. The van der Waals surface area contributed by atoms with Crippen LogP contribution in [0.2, 0.25) is 0 Å². The Morgan fingerprint density at radius 2 is 2.27 bits per heavy atom. The van der Waals surface area contributed by atoms with Crippen LogP contribution >= 0.6 is 0 Å². The number of rotatable bonds is 4. The van der Waals surface area contributed by atoms with Crippen molar-refractivity contribution < 1.29 is 28.9 Å². The smallest absolute Gasteiger partial charge is 0.371 e. The molecule has 2 unspecified atom stereocenters. The van der Waals surface area contributed by atoms with Gasteiger partial charge in [-0.2, -0.15) is 0 Å². The standard InChI is InChI=1S/C15H17NO6/c1-9(16-4-5-20-14(17)8-16)21-11-2-3-12-10(6-11)7-13(22-12)15(18)19/h2-3,6-7,9,14,17H,4-5,8H2,1H3,(H,18,19). The number of aliphatic hydroxyl groups excluding tert-OH is 1. The van der Waals surface area contributed by atoms with Crippen LogP contribution in [0.4, 0.5) is 0 Å². The van der Waals surface area contributed by atoms with Gasteiger partial charge in [0, 0.05) is 11.9 Å². The predicted molar refractivity (Wildman–Crippen MR) is 76.8 cm³/mol. The Morgan fingerprint density at radius 1 is 1.45 bits per heavy atom. The molecular formula is C15H17NO6. The fourth-order valence-corrected chi connectivity index (χ4v) is 2.45. The Kier molecular flexibility index (Phi) is 4.02. The minimum atomic E-state index is -1.10. The highest BCUT2D eigenvalue weighted by atomic mass is 16.6.